The van der Waals surface area contributed by atoms with Gasteiger partial charge in [0.1, 0.15) is 0 Å². The van der Waals surface area contributed by atoms with E-state index in [4.69, 9.17) is 27.9 Å². The van der Waals surface area contributed by atoms with Crippen LogP contribution in [0.2, 0.25) is 10.0 Å². The maximum absolute atomic E-state index is 12.6. The Morgan fingerprint density at radius 1 is 1.06 bits per heavy atom. The number of sulfonamides is 1. The van der Waals surface area contributed by atoms with Crippen LogP contribution in [0.4, 0.5) is 5.82 Å². The average Bonchev–Trinajstić information content (AvgIpc) is 2.99. The van der Waals surface area contributed by atoms with E-state index < -0.39 is 16.0 Å². The third-order valence-electron chi connectivity index (χ3n) is 5.06. The third-order valence-corrected chi connectivity index (χ3v) is 7.74. The van der Waals surface area contributed by atoms with E-state index in [1.54, 1.807) is 19.1 Å². The van der Waals surface area contributed by atoms with Crippen molar-refractivity contribution >= 4 is 56.0 Å². The van der Waals surface area contributed by atoms with E-state index >= 15 is 0 Å². The van der Waals surface area contributed by atoms with Crippen LogP contribution < -0.4 is 4.90 Å². The third kappa shape index (κ3) is 5.58. The van der Waals surface area contributed by atoms with Crippen LogP contribution in [0.3, 0.4) is 0 Å². The smallest absolute Gasteiger partial charge is 0.360 e. The van der Waals surface area contributed by atoms with Crippen LogP contribution in [-0.4, -0.2) is 67.2 Å². The molecule has 2 heterocycles. The zero-order valence-corrected chi connectivity index (χ0v) is 19.9. The van der Waals surface area contributed by atoms with Gasteiger partial charge in [-0.05, 0) is 31.9 Å². The van der Waals surface area contributed by atoms with Crippen LogP contribution in [0.5, 0.6) is 0 Å². The molecule has 1 aliphatic rings. The van der Waals surface area contributed by atoms with Crippen molar-refractivity contribution in [2.24, 2.45) is 0 Å². The summed E-state index contributed by atoms with van der Waals surface area (Å²) in [5.74, 6) is -0.0844. The molecule has 1 saturated heterocycles. The molecule has 0 spiro atoms. The maximum Gasteiger partial charge on any atom is 0.360 e. The highest BCUT2D eigenvalue weighted by Gasteiger charge is 2.28. The number of aromatic nitrogens is 2. The number of halogens is 2. The number of carbonyl (C=O) groups excluding carboxylic acids is 1. The van der Waals surface area contributed by atoms with E-state index in [9.17, 15) is 13.2 Å². The van der Waals surface area contributed by atoms with Gasteiger partial charge in [-0.3, -0.25) is 0 Å². The molecular weight excluding hydrogens is 463 g/mol. The van der Waals surface area contributed by atoms with Gasteiger partial charge in [0, 0.05) is 26.2 Å². The zero-order chi connectivity index (χ0) is 22.6. The van der Waals surface area contributed by atoms with Gasteiger partial charge in [0.05, 0.1) is 33.4 Å². The first-order valence-electron chi connectivity index (χ1n) is 10.3. The molecule has 1 aromatic carbocycles. The number of esters is 1. The van der Waals surface area contributed by atoms with Crippen LogP contribution in [0.1, 0.15) is 43.6 Å². The summed E-state index contributed by atoms with van der Waals surface area (Å²) >= 11 is 12.2. The Morgan fingerprint density at radius 2 is 1.74 bits per heavy atom. The molecule has 0 radical (unpaired) electrons. The van der Waals surface area contributed by atoms with Crippen molar-refractivity contribution in [1.82, 2.24) is 14.3 Å². The van der Waals surface area contributed by atoms with Crippen molar-refractivity contribution in [3.8, 4) is 0 Å². The molecule has 1 aliphatic heterocycles. The largest absolute Gasteiger partial charge is 0.461 e. The minimum absolute atomic E-state index is 0.0787. The topological polar surface area (TPSA) is 92.7 Å². The molecule has 0 bridgehead atoms. The molecule has 1 aromatic heterocycles. The normalized spacial score (nSPS) is 15.8. The Labute approximate surface area is 192 Å². The molecular formula is C20H26Cl2N4O4S. The van der Waals surface area contributed by atoms with E-state index in [1.165, 1.54) is 4.31 Å². The summed E-state index contributed by atoms with van der Waals surface area (Å²) in [6, 6.07) is 3.16. The summed E-state index contributed by atoms with van der Waals surface area (Å²) in [4.78, 5) is 23.6. The van der Waals surface area contributed by atoms with Gasteiger partial charge in [-0.25, -0.2) is 27.5 Å². The van der Waals surface area contributed by atoms with Gasteiger partial charge in [0.25, 0.3) is 0 Å². The first-order chi connectivity index (χ1) is 14.8. The number of anilines is 1. The summed E-state index contributed by atoms with van der Waals surface area (Å²) < 4.78 is 32.0. The van der Waals surface area contributed by atoms with Crippen LogP contribution >= 0.6 is 23.2 Å². The Hall–Kier alpha value is -1.68. The lowest BCUT2D eigenvalue weighted by atomic mass is 10.2. The summed E-state index contributed by atoms with van der Waals surface area (Å²) in [5.41, 5.74) is 1.00. The van der Waals surface area contributed by atoms with Crippen molar-refractivity contribution in [2.45, 2.75) is 33.1 Å². The number of benzene rings is 1. The number of ether oxygens (including phenoxy) is 1. The second kappa shape index (κ2) is 10.3. The molecule has 3 rings (SSSR count). The number of unbranched alkanes of at least 4 members (excludes halogenated alkanes) is 1. The Balaban J connectivity index is 1.95. The molecule has 0 aliphatic carbocycles. The predicted octanol–water partition coefficient (Wildman–Crippen LogP) is 3.76. The molecule has 31 heavy (non-hydrogen) atoms. The van der Waals surface area contributed by atoms with Crippen LogP contribution in [0.25, 0.3) is 11.0 Å². The molecule has 0 amide bonds. The minimum atomic E-state index is -3.31. The highest BCUT2D eigenvalue weighted by atomic mass is 35.5. The molecule has 0 saturated carbocycles. The fraction of sp³-hybridized carbons (Fsp3) is 0.550. The van der Waals surface area contributed by atoms with E-state index in [2.05, 4.69) is 9.97 Å². The van der Waals surface area contributed by atoms with Crippen molar-refractivity contribution in [2.75, 3.05) is 43.4 Å². The molecule has 2 aromatic rings. The zero-order valence-electron chi connectivity index (χ0n) is 17.6. The van der Waals surface area contributed by atoms with Gasteiger partial charge < -0.3 is 9.64 Å². The monoisotopic (exact) mass is 488 g/mol. The van der Waals surface area contributed by atoms with Gasteiger partial charge in [0.2, 0.25) is 10.0 Å². The number of nitrogens with zero attached hydrogens (tertiary/aromatic N) is 4. The molecule has 0 N–H and O–H groups in total. The van der Waals surface area contributed by atoms with Gasteiger partial charge in [-0.15, -0.1) is 0 Å². The van der Waals surface area contributed by atoms with Gasteiger partial charge in [0.15, 0.2) is 11.5 Å². The van der Waals surface area contributed by atoms with Crippen molar-refractivity contribution in [3.05, 3.63) is 27.9 Å². The van der Waals surface area contributed by atoms with Crippen LogP contribution in [0.15, 0.2) is 12.1 Å². The molecule has 0 atom stereocenters. The number of rotatable bonds is 7. The van der Waals surface area contributed by atoms with Crippen molar-refractivity contribution in [3.63, 3.8) is 0 Å². The Kier molecular flexibility index (Phi) is 7.96. The maximum atomic E-state index is 12.6. The van der Waals surface area contributed by atoms with Gasteiger partial charge in [-0.2, -0.15) is 0 Å². The summed E-state index contributed by atoms with van der Waals surface area (Å²) in [6.45, 7) is 5.55. The fourth-order valence-electron chi connectivity index (χ4n) is 3.44. The van der Waals surface area contributed by atoms with E-state index in [0.29, 0.717) is 65.9 Å². The standard InChI is InChI=1S/C20H26Cl2N4O4S/c1-3-5-11-31(28,29)26-8-6-7-25(9-10-26)19-18(20(27)30-4-2)23-16-12-14(21)15(22)13-17(16)24-19/h12-13H,3-11H2,1-2H3. The Morgan fingerprint density at radius 3 is 2.39 bits per heavy atom. The van der Waals surface area contributed by atoms with Gasteiger partial charge >= 0.3 is 5.97 Å². The molecule has 11 heteroatoms. The van der Waals surface area contributed by atoms with Crippen molar-refractivity contribution in [1.29, 1.82) is 0 Å². The molecule has 170 valence electrons. The Bertz CT molecular complexity index is 1060. The first-order valence-corrected chi connectivity index (χ1v) is 12.7. The average molecular weight is 489 g/mol. The van der Waals surface area contributed by atoms with Gasteiger partial charge in [-0.1, -0.05) is 36.5 Å². The van der Waals surface area contributed by atoms with E-state index in [1.807, 2.05) is 11.8 Å². The number of hydrogen-bond donors (Lipinski definition) is 0. The highest BCUT2D eigenvalue weighted by molar-refractivity contribution is 7.89. The van der Waals surface area contributed by atoms with Crippen LogP contribution in [0, 0.1) is 0 Å². The lowest BCUT2D eigenvalue weighted by Crippen LogP contribution is -2.37. The number of carbonyl (C=O) groups is 1. The lowest BCUT2D eigenvalue weighted by Gasteiger charge is -2.24. The number of fused-ring (bicyclic) bond motifs is 1. The molecule has 8 nitrogen and oxygen atoms in total. The van der Waals surface area contributed by atoms with Crippen LogP contribution in [-0.2, 0) is 14.8 Å². The first kappa shape index (κ1) is 24.0. The number of hydrogen-bond acceptors (Lipinski definition) is 7. The van der Waals surface area contributed by atoms with E-state index in [0.717, 1.165) is 6.42 Å². The van der Waals surface area contributed by atoms with E-state index in [-0.39, 0.29) is 18.1 Å². The predicted molar refractivity (Wildman–Crippen MR) is 123 cm³/mol. The molecule has 0 unspecified atom stereocenters. The summed E-state index contributed by atoms with van der Waals surface area (Å²) in [6.07, 6.45) is 2.06. The molecule has 1 fully saturated rings. The lowest BCUT2D eigenvalue weighted by molar-refractivity contribution is 0.0520. The quantitative estimate of drug-likeness (QED) is 0.547. The summed E-state index contributed by atoms with van der Waals surface area (Å²) in [5, 5.41) is 0.649. The minimum Gasteiger partial charge on any atom is -0.461 e. The summed E-state index contributed by atoms with van der Waals surface area (Å²) in [7, 11) is -3.31. The second-order valence-electron chi connectivity index (χ2n) is 7.28. The highest BCUT2D eigenvalue weighted by Crippen LogP contribution is 2.29. The second-order valence-corrected chi connectivity index (χ2v) is 10.2. The van der Waals surface area contributed by atoms with Crippen molar-refractivity contribution < 1.29 is 17.9 Å². The fourth-order valence-corrected chi connectivity index (χ4v) is 5.43. The SMILES string of the molecule is CCCCS(=O)(=O)N1CCCN(c2nc3cc(Cl)c(Cl)cc3nc2C(=O)OCC)CC1.